The largest absolute Gasteiger partial charge is 0.340 e. The lowest BCUT2D eigenvalue weighted by atomic mass is 10.0. The van der Waals surface area contributed by atoms with E-state index in [-0.39, 0.29) is 11.9 Å². The number of nitrogens with zero attached hydrogens (tertiary/aromatic N) is 1. The van der Waals surface area contributed by atoms with Crippen LogP contribution in [0.1, 0.15) is 38.5 Å². The molecule has 1 unspecified atom stereocenters. The number of rotatable bonds is 3. The predicted molar refractivity (Wildman–Crippen MR) is 68.5 cm³/mol. The Morgan fingerprint density at radius 3 is 2.75 bits per heavy atom. The summed E-state index contributed by atoms with van der Waals surface area (Å²) in [5, 5.41) is 0. The van der Waals surface area contributed by atoms with Crippen LogP contribution in [0.2, 0.25) is 0 Å². The summed E-state index contributed by atoms with van der Waals surface area (Å²) in [7, 11) is 0. The van der Waals surface area contributed by atoms with E-state index in [2.05, 4.69) is 6.26 Å². The third-order valence-corrected chi connectivity index (χ3v) is 5.40. The van der Waals surface area contributed by atoms with Gasteiger partial charge < -0.3 is 10.6 Å². The summed E-state index contributed by atoms with van der Waals surface area (Å²) in [4.78, 5) is 14.0. The SMILES string of the molecule is CSC1(CN2CCCC(N)C2=O)CCCC1. The van der Waals surface area contributed by atoms with Gasteiger partial charge >= 0.3 is 0 Å². The first-order valence-corrected chi connectivity index (χ1v) is 7.49. The summed E-state index contributed by atoms with van der Waals surface area (Å²) < 4.78 is 0.326. The number of piperidine rings is 1. The van der Waals surface area contributed by atoms with Crippen molar-refractivity contribution in [3.05, 3.63) is 0 Å². The van der Waals surface area contributed by atoms with Crippen molar-refractivity contribution in [3.8, 4) is 0 Å². The van der Waals surface area contributed by atoms with Gasteiger partial charge in [-0.2, -0.15) is 11.8 Å². The molecule has 16 heavy (non-hydrogen) atoms. The van der Waals surface area contributed by atoms with Crippen molar-refractivity contribution in [2.24, 2.45) is 5.73 Å². The van der Waals surface area contributed by atoms with Gasteiger partial charge in [0.2, 0.25) is 5.91 Å². The summed E-state index contributed by atoms with van der Waals surface area (Å²) in [5.74, 6) is 0.173. The molecule has 1 heterocycles. The molecule has 0 aromatic rings. The minimum Gasteiger partial charge on any atom is -0.340 e. The van der Waals surface area contributed by atoms with Crippen LogP contribution in [0.4, 0.5) is 0 Å². The van der Waals surface area contributed by atoms with Gasteiger partial charge in [-0.25, -0.2) is 0 Å². The van der Waals surface area contributed by atoms with Gasteiger partial charge in [-0.15, -0.1) is 0 Å². The smallest absolute Gasteiger partial charge is 0.239 e. The Labute approximate surface area is 102 Å². The Bertz CT molecular complexity index is 264. The van der Waals surface area contributed by atoms with Crippen LogP contribution >= 0.6 is 11.8 Å². The number of likely N-dealkylation sites (tertiary alicyclic amines) is 1. The molecule has 92 valence electrons. The highest BCUT2D eigenvalue weighted by atomic mass is 32.2. The summed E-state index contributed by atoms with van der Waals surface area (Å²) in [6.45, 7) is 1.83. The Balaban J connectivity index is 1.99. The fourth-order valence-electron chi connectivity index (χ4n) is 2.92. The van der Waals surface area contributed by atoms with Crippen LogP contribution in [0.5, 0.6) is 0 Å². The van der Waals surface area contributed by atoms with E-state index < -0.39 is 0 Å². The molecule has 1 aliphatic carbocycles. The predicted octanol–water partition coefficient (Wildman–Crippen LogP) is 1.61. The number of thioether (sulfide) groups is 1. The Hall–Kier alpha value is -0.220. The highest BCUT2D eigenvalue weighted by Gasteiger charge is 2.37. The van der Waals surface area contributed by atoms with Crippen LogP contribution in [0, 0.1) is 0 Å². The van der Waals surface area contributed by atoms with E-state index in [9.17, 15) is 4.79 Å². The molecule has 0 bridgehead atoms. The lowest BCUT2D eigenvalue weighted by Gasteiger charge is -2.37. The second-order valence-corrected chi connectivity index (χ2v) is 6.38. The standard InChI is InChI=1S/C12H22N2OS/c1-16-12(6-2-3-7-12)9-14-8-4-5-10(13)11(14)15/h10H,2-9,13H2,1H3. The van der Waals surface area contributed by atoms with Crippen LogP contribution in [-0.4, -0.2) is 40.9 Å². The molecule has 0 spiro atoms. The average Bonchev–Trinajstić information content (AvgIpc) is 2.74. The lowest BCUT2D eigenvalue weighted by Crippen LogP contribution is -2.52. The zero-order chi connectivity index (χ0) is 11.6. The first-order valence-electron chi connectivity index (χ1n) is 6.26. The van der Waals surface area contributed by atoms with Crippen molar-refractivity contribution in [1.82, 2.24) is 4.90 Å². The molecular weight excluding hydrogens is 220 g/mol. The molecule has 1 atom stereocenters. The van der Waals surface area contributed by atoms with Crippen LogP contribution in [0.25, 0.3) is 0 Å². The van der Waals surface area contributed by atoms with E-state index in [1.165, 1.54) is 25.7 Å². The summed E-state index contributed by atoms with van der Waals surface area (Å²) in [5.41, 5.74) is 5.83. The fourth-order valence-corrected chi connectivity index (χ4v) is 3.90. The molecule has 3 nitrogen and oxygen atoms in total. The lowest BCUT2D eigenvalue weighted by molar-refractivity contribution is -0.135. The van der Waals surface area contributed by atoms with E-state index in [4.69, 9.17) is 5.73 Å². The van der Waals surface area contributed by atoms with Crippen LogP contribution in [0.15, 0.2) is 0 Å². The summed E-state index contributed by atoms with van der Waals surface area (Å²) in [6, 6.07) is -0.242. The van der Waals surface area contributed by atoms with Gasteiger partial charge in [0.25, 0.3) is 0 Å². The third kappa shape index (κ3) is 2.38. The Morgan fingerprint density at radius 1 is 1.44 bits per heavy atom. The molecule has 2 N–H and O–H groups in total. The maximum absolute atomic E-state index is 12.0. The van der Waals surface area contributed by atoms with Crippen LogP contribution < -0.4 is 5.73 Å². The Morgan fingerprint density at radius 2 is 2.12 bits per heavy atom. The summed E-state index contributed by atoms with van der Waals surface area (Å²) >= 11 is 1.94. The maximum Gasteiger partial charge on any atom is 0.239 e. The van der Waals surface area contributed by atoms with Crippen LogP contribution in [0.3, 0.4) is 0 Å². The van der Waals surface area contributed by atoms with Gasteiger partial charge in [-0.05, 0) is 31.9 Å². The van der Waals surface area contributed by atoms with Gasteiger partial charge in [0.1, 0.15) is 0 Å². The number of nitrogens with two attached hydrogens (primary N) is 1. The first-order chi connectivity index (χ1) is 7.67. The first kappa shape index (κ1) is 12.2. The molecule has 4 heteroatoms. The molecule has 0 aromatic carbocycles. The second kappa shape index (κ2) is 4.96. The highest BCUT2D eigenvalue weighted by Crippen LogP contribution is 2.41. The van der Waals surface area contributed by atoms with E-state index in [1.807, 2.05) is 16.7 Å². The highest BCUT2D eigenvalue weighted by molar-refractivity contribution is 8.00. The fraction of sp³-hybridized carbons (Fsp3) is 0.917. The maximum atomic E-state index is 12.0. The molecule has 1 aliphatic heterocycles. The van der Waals surface area contributed by atoms with E-state index in [1.54, 1.807) is 0 Å². The monoisotopic (exact) mass is 242 g/mol. The van der Waals surface area contributed by atoms with Crippen molar-refractivity contribution in [2.45, 2.75) is 49.3 Å². The number of hydrogen-bond donors (Lipinski definition) is 1. The minimum absolute atomic E-state index is 0.173. The van der Waals surface area contributed by atoms with Crippen LogP contribution in [-0.2, 0) is 4.79 Å². The summed E-state index contributed by atoms with van der Waals surface area (Å²) in [6.07, 6.45) is 9.25. The van der Waals surface area contributed by atoms with Crippen molar-refractivity contribution < 1.29 is 4.79 Å². The molecule has 1 amide bonds. The number of hydrogen-bond acceptors (Lipinski definition) is 3. The van der Waals surface area contributed by atoms with Crippen molar-refractivity contribution >= 4 is 17.7 Å². The molecule has 2 fully saturated rings. The number of carbonyl (C=O) groups is 1. The quantitative estimate of drug-likeness (QED) is 0.818. The van der Waals surface area contributed by atoms with Gasteiger partial charge in [0.05, 0.1) is 6.04 Å². The van der Waals surface area contributed by atoms with Crippen molar-refractivity contribution in [3.63, 3.8) is 0 Å². The topological polar surface area (TPSA) is 46.3 Å². The van der Waals surface area contributed by atoms with Crippen molar-refractivity contribution in [1.29, 1.82) is 0 Å². The zero-order valence-corrected chi connectivity index (χ0v) is 10.9. The molecule has 2 rings (SSSR count). The van der Waals surface area contributed by atoms with Crippen molar-refractivity contribution in [2.75, 3.05) is 19.3 Å². The van der Waals surface area contributed by atoms with Gasteiger partial charge in [0, 0.05) is 17.8 Å². The molecule has 1 saturated heterocycles. The van der Waals surface area contributed by atoms with E-state index in [0.29, 0.717) is 4.75 Å². The second-order valence-electron chi connectivity index (χ2n) is 5.10. The Kier molecular flexibility index (Phi) is 3.80. The molecule has 0 aromatic heterocycles. The van der Waals surface area contributed by atoms with E-state index >= 15 is 0 Å². The normalized spacial score (nSPS) is 29.8. The molecule has 2 aliphatic rings. The molecule has 1 saturated carbocycles. The molecule has 0 radical (unpaired) electrons. The van der Waals surface area contributed by atoms with E-state index in [0.717, 1.165) is 25.9 Å². The average molecular weight is 242 g/mol. The third-order valence-electron chi connectivity index (χ3n) is 4.00. The molecular formula is C12H22N2OS. The number of amides is 1. The number of carbonyl (C=O) groups excluding carboxylic acids is 1. The van der Waals surface area contributed by atoms with Gasteiger partial charge in [-0.1, -0.05) is 12.8 Å². The minimum atomic E-state index is -0.242. The zero-order valence-electron chi connectivity index (χ0n) is 10.1. The van der Waals surface area contributed by atoms with Gasteiger partial charge in [-0.3, -0.25) is 4.79 Å². The van der Waals surface area contributed by atoms with Gasteiger partial charge in [0.15, 0.2) is 0 Å².